The average molecular weight is 806 g/mol. The minimum atomic E-state index is 0.558. The van der Waals surface area contributed by atoms with Gasteiger partial charge in [0.25, 0.3) is 0 Å². The van der Waals surface area contributed by atoms with Crippen LogP contribution in [0.25, 0.3) is 122 Å². The summed E-state index contributed by atoms with van der Waals surface area (Å²) in [4.78, 5) is 15.5. The highest BCUT2D eigenvalue weighted by Crippen LogP contribution is 2.45. The molecule has 294 valence electrons. The highest BCUT2D eigenvalue weighted by Gasteiger charge is 2.24. The van der Waals surface area contributed by atoms with Crippen molar-refractivity contribution >= 4 is 65.6 Å². The molecular weight excluding hydrogens is 771 g/mol. The third-order valence-electron chi connectivity index (χ3n) is 12.4. The molecule has 0 aliphatic rings. The number of nitrogens with zero attached hydrogens (tertiary/aromatic N) is 5. The molecule has 0 unspecified atom stereocenters. The molecule has 63 heavy (non-hydrogen) atoms. The molecule has 9 aromatic carbocycles. The summed E-state index contributed by atoms with van der Waals surface area (Å²) in [6.07, 6.45) is 0. The van der Waals surface area contributed by atoms with Crippen molar-refractivity contribution in [2.45, 2.75) is 0 Å². The van der Waals surface area contributed by atoms with E-state index in [1.165, 1.54) is 10.9 Å². The Kier molecular flexibility index (Phi) is 7.80. The molecule has 0 amide bonds. The lowest BCUT2D eigenvalue weighted by atomic mass is 9.97. The van der Waals surface area contributed by atoms with E-state index in [-0.39, 0.29) is 0 Å². The van der Waals surface area contributed by atoms with Gasteiger partial charge in [-0.2, -0.15) is 9.97 Å². The van der Waals surface area contributed by atoms with Crippen LogP contribution in [0, 0.1) is 0 Å². The first kappa shape index (κ1) is 35.2. The Morgan fingerprint density at radius 2 is 0.921 bits per heavy atom. The van der Waals surface area contributed by atoms with Crippen LogP contribution >= 0.6 is 0 Å². The van der Waals surface area contributed by atoms with E-state index in [2.05, 4.69) is 155 Å². The molecule has 0 aliphatic heterocycles. The number of rotatable bonds is 6. The zero-order valence-electron chi connectivity index (χ0n) is 33.9. The molecule has 0 radical (unpaired) electrons. The van der Waals surface area contributed by atoms with Gasteiger partial charge in [0, 0.05) is 54.7 Å². The summed E-state index contributed by atoms with van der Waals surface area (Å²) in [5, 5.41) is 6.71. The van der Waals surface area contributed by atoms with Crippen molar-refractivity contribution < 1.29 is 4.42 Å². The van der Waals surface area contributed by atoms with Gasteiger partial charge in [0.15, 0.2) is 11.6 Å². The largest absolute Gasteiger partial charge is 0.455 e. The molecule has 4 heterocycles. The quantitative estimate of drug-likeness (QED) is 0.168. The maximum absolute atomic E-state index is 6.76. The van der Waals surface area contributed by atoms with Gasteiger partial charge in [0.05, 0.1) is 22.1 Å². The Morgan fingerprint density at radius 1 is 0.349 bits per heavy atom. The van der Waals surface area contributed by atoms with Gasteiger partial charge in [-0.3, -0.25) is 4.57 Å². The van der Waals surface area contributed by atoms with Crippen LogP contribution in [-0.2, 0) is 0 Å². The minimum Gasteiger partial charge on any atom is -0.455 e. The lowest BCUT2D eigenvalue weighted by Crippen LogP contribution is -2.06. The standard InChI is InChI=1S/C57H35N5O/c1-4-17-36(18-5-1)39-23-16-24-40(33-39)46-34-41(35-47-43-26-12-15-30-51(43)63-54(46)47)61-48-28-13-10-25-42(48)44-31-32-50-52(53(44)61)45-27-11-14-29-49(45)62(50)57-59-55(37-19-6-2-7-20-37)58-56(60-57)38-21-8-3-9-22-38/h1-35H. The second-order valence-corrected chi connectivity index (χ2v) is 16.0. The zero-order valence-corrected chi connectivity index (χ0v) is 33.9. The van der Waals surface area contributed by atoms with Crippen molar-refractivity contribution in [3.63, 3.8) is 0 Å². The van der Waals surface area contributed by atoms with Gasteiger partial charge in [0.2, 0.25) is 5.95 Å². The van der Waals surface area contributed by atoms with Gasteiger partial charge in [-0.15, -0.1) is 0 Å². The molecule has 0 saturated carbocycles. The lowest BCUT2D eigenvalue weighted by molar-refractivity contribution is 0.670. The molecule has 4 aromatic heterocycles. The summed E-state index contributed by atoms with van der Waals surface area (Å²) in [7, 11) is 0. The van der Waals surface area contributed by atoms with E-state index in [4.69, 9.17) is 19.4 Å². The smallest absolute Gasteiger partial charge is 0.238 e. The molecular formula is C57H35N5O. The van der Waals surface area contributed by atoms with Crippen LogP contribution in [0.4, 0.5) is 0 Å². The van der Waals surface area contributed by atoms with Crippen molar-refractivity contribution in [1.29, 1.82) is 0 Å². The predicted molar refractivity (Wildman–Crippen MR) is 258 cm³/mol. The van der Waals surface area contributed by atoms with Gasteiger partial charge in [-0.1, -0.05) is 170 Å². The molecule has 0 aliphatic carbocycles. The summed E-state index contributed by atoms with van der Waals surface area (Å²) in [6, 6.07) is 74.5. The van der Waals surface area contributed by atoms with Gasteiger partial charge in [-0.05, 0) is 59.2 Å². The van der Waals surface area contributed by atoms with E-state index in [1.807, 2.05) is 66.7 Å². The van der Waals surface area contributed by atoms with Gasteiger partial charge in [0.1, 0.15) is 11.2 Å². The lowest BCUT2D eigenvalue weighted by Gasteiger charge is -2.13. The molecule has 6 heteroatoms. The Morgan fingerprint density at radius 3 is 1.63 bits per heavy atom. The second-order valence-electron chi connectivity index (χ2n) is 16.0. The minimum absolute atomic E-state index is 0.558. The van der Waals surface area contributed by atoms with Crippen molar-refractivity contribution in [3.8, 4) is 56.7 Å². The van der Waals surface area contributed by atoms with Gasteiger partial charge >= 0.3 is 0 Å². The van der Waals surface area contributed by atoms with E-state index in [1.54, 1.807) is 0 Å². The third kappa shape index (κ3) is 5.55. The molecule has 0 fully saturated rings. The Balaban J connectivity index is 1.13. The van der Waals surface area contributed by atoms with Crippen molar-refractivity contribution in [1.82, 2.24) is 24.1 Å². The highest BCUT2D eigenvalue weighted by atomic mass is 16.3. The monoisotopic (exact) mass is 805 g/mol. The van der Waals surface area contributed by atoms with E-state index in [0.29, 0.717) is 17.6 Å². The van der Waals surface area contributed by atoms with Crippen molar-refractivity contribution in [2.75, 3.05) is 0 Å². The first-order valence-corrected chi connectivity index (χ1v) is 21.2. The maximum Gasteiger partial charge on any atom is 0.238 e. The van der Waals surface area contributed by atoms with Crippen LogP contribution < -0.4 is 0 Å². The Labute approximate surface area is 361 Å². The number of hydrogen-bond acceptors (Lipinski definition) is 4. The molecule has 0 N–H and O–H groups in total. The highest BCUT2D eigenvalue weighted by molar-refractivity contribution is 6.26. The molecule has 0 atom stereocenters. The van der Waals surface area contributed by atoms with Gasteiger partial charge < -0.3 is 8.98 Å². The predicted octanol–water partition coefficient (Wildman–Crippen LogP) is 14.6. The number of furan rings is 1. The SMILES string of the molecule is c1ccc(-c2cccc(-c3cc(-n4c5ccccc5c5ccc6c(c7ccccc7n6-c6nc(-c7ccccc7)nc(-c7ccccc7)n6)c54)cc4c3oc3ccccc34)c2)cc1. The molecule has 0 bridgehead atoms. The summed E-state index contributed by atoms with van der Waals surface area (Å²) in [6.45, 7) is 0. The van der Waals surface area contributed by atoms with E-state index in [9.17, 15) is 0 Å². The van der Waals surface area contributed by atoms with Crippen LogP contribution in [0.1, 0.15) is 0 Å². The van der Waals surface area contributed by atoms with Crippen molar-refractivity contribution in [3.05, 3.63) is 212 Å². The van der Waals surface area contributed by atoms with E-state index in [0.717, 1.165) is 93.7 Å². The number of fused-ring (bicyclic) bond motifs is 10. The van der Waals surface area contributed by atoms with Crippen LogP contribution in [0.3, 0.4) is 0 Å². The fourth-order valence-corrected chi connectivity index (χ4v) is 9.54. The maximum atomic E-state index is 6.76. The topological polar surface area (TPSA) is 61.7 Å². The van der Waals surface area contributed by atoms with Gasteiger partial charge in [-0.25, -0.2) is 4.98 Å². The summed E-state index contributed by atoms with van der Waals surface area (Å²) >= 11 is 0. The zero-order chi connectivity index (χ0) is 41.4. The van der Waals surface area contributed by atoms with Crippen LogP contribution in [0.15, 0.2) is 217 Å². The molecule has 6 nitrogen and oxygen atoms in total. The fourth-order valence-electron chi connectivity index (χ4n) is 9.54. The van der Waals surface area contributed by atoms with Crippen molar-refractivity contribution in [2.24, 2.45) is 0 Å². The summed E-state index contributed by atoms with van der Waals surface area (Å²) < 4.78 is 11.4. The number of benzene rings is 9. The normalized spacial score (nSPS) is 11.8. The van der Waals surface area contributed by atoms with Crippen LogP contribution in [0.2, 0.25) is 0 Å². The van der Waals surface area contributed by atoms with Crippen LogP contribution in [0.5, 0.6) is 0 Å². The Hall–Kier alpha value is -8.61. The molecule has 0 saturated heterocycles. The number of para-hydroxylation sites is 3. The summed E-state index contributed by atoms with van der Waals surface area (Å²) in [5.74, 6) is 1.79. The second kappa shape index (κ2) is 14.0. The van der Waals surface area contributed by atoms with E-state index < -0.39 is 0 Å². The summed E-state index contributed by atoms with van der Waals surface area (Å²) in [5.41, 5.74) is 13.3. The molecule has 0 spiro atoms. The first-order chi connectivity index (χ1) is 31.2. The Bertz CT molecular complexity index is 3850. The molecule has 13 aromatic rings. The number of hydrogen-bond donors (Lipinski definition) is 0. The third-order valence-corrected chi connectivity index (χ3v) is 12.4. The number of aromatic nitrogens is 5. The fraction of sp³-hybridized carbons (Fsp3) is 0. The molecule has 13 rings (SSSR count). The average Bonchev–Trinajstić information content (AvgIpc) is 4.02. The first-order valence-electron chi connectivity index (χ1n) is 21.2. The van der Waals surface area contributed by atoms with Crippen LogP contribution in [-0.4, -0.2) is 24.1 Å². The van der Waals surface area contributed by atoms with E-state index >= 15 is 0 Å².